The fourth-order valence-corrected chi connectivity index (χ4v) is 1.84. The molecule has 3 rings (SSSR count). The zero-order valence-electron chi connectivity index (χ0n) is 10.1. The Labute approximate surface area is 108 Å². The smallest absolute Gasteiger partial charge is 0.158 e. The van der Waals surface area contributed by atoms with Crippen LogP contribution in [0.25, 0.3) is 17.0 Å². The summed E-state index contributed by atoms with van der Waals surface area (Å²) in [6.45, 7) is 1.74. The Morgan fingerprint density at radius 1 is 1.32 bits per heavy atom. The van der Waals surface area contributed by atoms with Crippen molar-refractivity contribution in [3.8, 4) is 17.5 Å². The van der Waals surface area contributed by atoms with Gasteiger partial charge in [0.05, 0.1) is 11.9 Å². The predicted octanol–water partition coefficient (Wildman–Crippen LogP) is 0.949. The third kappa shape index (κ3) is 1.66. The maximum Gasteiger partial charge on any atom is 0.158 e. The average Bonchev–Trinajstić information content (AvgIpc) is 2.84. The Morgan fingerprint density at radius 3 is 2.84 bits per heavy atom. The Morgan fingerprint density at radius 2 is 2.16 bits per heavy atom. The minimum atomic E-state index is 0.278. The van der Waals surface area contributed by atoms with Gasteiger partial charge in [-0.2, -0.15) is 14.9 Å². The minimum absolute atomic E-state index is 0.278. The van der Waals surface area contributed by atoms with Crippen LogP contribution in [0.2, 0.25) is 0 Å². The van der Waals surface area contributed by atoms with Crippen molar-refractivity contribution in [3.05, 3.63) is 35.9 Å². The molecule has 7 heteroatoms. The molecule has 3 heterocycles. The number of fused-ring (bicyclic) bond motifs is 1. The van der Waals surface area contributed by atoms with Crippen LogP contribution < -0.4 is 5.73 Å². The molecule has 19 heavy (non-hydrogen) atoms. The lowest BCUT2D eigenvalue weighted by molar-refractivity contribution is 0.937. The monoisotopic (exact) mass is 251 g/mol. The number of aryl methyl sites for hydroxylation is 1. The maximum absolute atomic E-state index is 9.05. The highest BCUT2D eigenvalue weighted by Crippen LogP contribution is 2.21. The van der Waals surface area contributed by atoms with Gasteiger partial charge in [0.15, 0.2) is 5.65 Å². The van der Waals surface area contributed by atoms with E-state index in [0.717, 1.165) is 0 Å². The molecule has 0 aliphatic rings. The second-order valence-electron chi connectivity index (χ2n) is 3.96. The van der Waals surface area contributed by atoms with Gasteiger partial charge in [0.2, 0.25) is 0 Å². The first-order valence-electron chi connectivity index (χ1n) is 5.53. The number of hydrogen-bond acceptors (Lipinski definition) is 6. The number of nitrogens with two attached hydrogens (primary N) is 1. The van der Waals surface area contributed by atoms with Crippen LogP contribution in [0, 0.1) is 18.3 Å². The molecule has 92 valence electrons. The van der Waals surface area contributed by atoms with Crippen molar-refractivity contribution in [2.75, 3.05) is 5.73 Å². The molecule has 7 nitrogen and oxygen atoms in total. The van der Waals surface area contributed by atoms with Gasteiger partial charge < -0.3 is 5.73 Å². The van der Waals surface area contributed by atoms with Crippen LogP contribution in [-0.2, 0) is 0 Å². The molecular formula is C12H9N7. The molecule has 0 bridgehead atoms. The van der Waals surface area contributed by atoms with Gasteiger partial charge in [0.25, 0.3) is 0 Å². The van der Waals surface area contributed by atoms with Crippen LogP contribution in [0.15, 0.2) is 24.7 Å². The normalized spacial score (nSPS) is 10.5. The lowest BCUT2D eigenvalue weighted by atomic mass is 10.2. The molecule has 0 aromatic carbocycles. The van der Waals surface area contributed by atoms with Crippen molar-refractivity contribution in [2.24, 2.45) is 0 Å². The maximum atomic E-state index is 9.05. The number of nitriles is 1. The fourth-order valence-electron chi connectivity index (χ4n) is 1.84. The SMILES string of the molecule is Cc1nc2cc(-c3cnccn3)nn2c(N)c1C#N. The molecule has 0 saturated carbocycles. The van der Waals surface area contributed by atoms with Crippen LogP contribution in [-0.4, -0.2) is 24.6 Å². The number of anilines is 1. The minimum Gasteiger partial charge on any atom is -0.382 e. The fraction of sp³-hybridized carbons (Fsp3) is 0.0833. The molecular weight excluding hydrogens is 242 g/mol. The first-order chi connectivity index (χ1) is 9.20. The standard InChI is InChI=1S/C12H9N7/c1-7-8(5-13)12(14)19-11(17-7)4-9(18-19)10-6-15-2-3-16-10/h2-4,6H,14H2,1H3. The molecule has 3 aromatic heterocycles. The van der Waals surface area contributed by atoms with Crippen molar-refractivity contribution in [1.82, 2.24) is 24.6 Å². The van der Waals surface area contributed by atoms with E-state index in [1.54, 1.807) is 31.6 Å². The highest BCUT2D eigenvalue weighted by molar-refractivity contribution is 5.64. The van der Waals surface area contributed by atoms with Crippen LogP contribution in [0.5, 0.6) is 0 Å². The van der Waals surface area contributed by atoms with E-state index >= 15 is 0 Å². The molecule has 0 unspecified atom stereocenters. The van der Waals surface area contributed by atoms with E-state index in [1.807, 2.05) is 6.07 Å². The summed E-state index contributed by atoms with van der Waals surface area (Å²) in [6.07, 6.45) is 4.78. The number of nitrogen functional groups attached to an aromatic ring is 1. The van der Waals surface area contributed by atoms with E-state index in [0.29, 0.717) is 28.3 Å². The van der Waals surface area contributed by atoms with Gasteiger partial charge >= 0.3 is 0 Å². The second kappa shape index (κ2) is 4.03. The van der Waals surface area contributed by atoms with Crippen molar-refractivity contribution in [2.45, 2.75) is 6.92 Å². The molecule has 0 saturated heterocycles. The highest BCUT2D eigenvalue weighted by Gasteiger charge is 2.13. The van der Waals surface area contributed by atoms with E-state index in [1.165, 1.54) is 4.52 Å². The largest absolute Gasteiger partial charge is 0.382 e. The third-order valence-electron chi connectivity index (χ3n) is 2.76. The van der Waals surface area contributed by atoms with Crippen molar-refractivity contribution < 1.29 is 0 Å². The van der Waals surface area contributed by atoms with Crippen LogP contribution in [0.1, 0.15) is 11.3 Å². The lowest BCUT2D eigenvalue weighted by Gasteiger charge is -2.03. The Balaban J connectivity index is 2.28. The first kappa shape index (κ1) is 11.1. The van der Waals surface area contributed by atoms with E-state index < -0.39 is 0 Å². The van der Waals surface area contributed by atoms with Crippen LogP contribution in [0.3, 0.4) is 0 Å². The lowest BCUT2D eigenvalue weighted by Crippen LogP contribution is -2.05. The Bertz CT molecular complexity index is 798. The third-order valence-corrected chi connectivity index (χ3v) is 2.76. The van der Waals surface area contributed by atoms with Gasteiger partial charge in [0, 0.05) is 18.5 Å². The summed E-state index contributed by atoms with van der Waals surface area (Å²) >= 11 is 0. The summed E-state index contributed by atoms with van der Waals surface area (Å²) in [4.78, 5) is 12.5. The van der Waals surface area contributed by atoms with E-state index in [-0.39, 0.29) is 5.82 Å². The summed E-state index contributed by atoms with van der Waals surface area (Å²) in [5, 5.41) is 13.4. The van der Waals surface area contributed by atoms with E-state index in [2.05, 4.69) is 20.1 Å². The Hall–Kier alpha value is -3.01. The van der Waals surface area contributed by atoms with Crippen LogP contribution in [0.4, 0.5) is 5.82 Å². The predicted molar refractivity (Wildman–Crippen MR) is 67.9 cm³/mol. The second-order valence-corrected chi connectivity index (χ2v) is 3.96. The first-order valence-corrected chi connectivity index (χ1v) is 5.53. The quantitative estimate of drug-likeness (QED) is 0.690. The highest BCUT2D eigenvalue weighted by atomic mass is 15.3. The van der Waals surface area contributed by atoms with E-state index in [4.69, 9.17) is 11.0 Å². The van der Waals surface area contributed by atoms with Gasteiger partial charge in [-0.1, -0.05) is 0 Å². The summed E-state index contributed by atoms with van der Waals surface area (Å²) in [5.74, 6) is 0.278. The number of hydrogen-bond donors (Lipinski definition) is 1. The van der Waals surface area contributed by atoms with Crippen molar-refractivity contribution >= 4 is 11.5 Å². The van der Waals surface area contributed by atoms with Gasteiger partial charge in [-0.25, -0.2) is 4.98 Å². The summed E-state index contributed by atoms with van der Waals surface area (Å²) in [5.41, 5.74) is 8.66. The molecule has 0 amide bonds. The molecule has 0 radical (unpaired) electrons. The molecule has 0 atom stereocenters. The summed E-state index contributed by atoms with van der Waals surface area (Å²) in [6, 6.07) is 3.79. The number of aromatic nitrogens is 5. The van der Waals surface area contributed by atoms with Gasteiger partial charge in [0.1, 0.15) is 28.8 Å². The zero-order chi connectivity index (χ0) is 13.4. The Kier molecular flexibility index (Phi) is 2.35. The van der Waals surface area contributed by atoms with E-state index in [9.17, 15) is 0 Å². The van der Waals surface area contributed by atoms with Gasteiger partial charge in [-0.3, -0.25) is 9.97 Å². The van der Waals surface area contributed by atoms with Gasteiger partial charge in [-0.05, 0) is 6.92 Å². The average molecular weight is 251 g/mol. The zero-order valence-corrected chi connectivity index (χ0v) is 10.1. The molecule has 0 spiro atoms. The molecule has 2 N–H and O–H groups in total. The van der Waals surface area contributed by atoms with Crippen molar-refractivity contribution in [3.63, 3.8) is 0 Å². The van der Waals surface area contributed by atoms with Crippen LogP contribution >= 0.6 is 0 Å². The number of rotatable bonds is 1. The molecule has 0 aliphatic carbocycles. The van der Waals surface area contributed by atoms with Crippen molar-refractivity contribution in [1.29, 1.82) is 5.26 Å². The summed E-state index contributed by atoms with van der Waals surface area (Å²) in [7, 11) is 0. The molecule has 3 aromatic rings. The molecule has 0 aliphatic heterocycles. The number of nitrogens with zero attached hydrogens (tertiary/aromatic N) is 6. The van der Waals surface area contributed by atoms with Gasteiger partial charge in [-0.15, -0.1) is 0 Å². The summed E-state index contributed by atoms with van der Waals surface area (Å²) < 4.78 is 1.44. The topological polar surface area (TPSA) is 106 Å². The molecule has 0 fully saturated rings.